The normalized spacial score (nSPS) is 18.2. The van der Waals surface area contributed by atoms with Gasteiger partial charge in [-0.25, -0.2) is 4.79 Å². The van der Waals surface area contributed by atoms with Crippen molar-refractivity contribution in [1.82, 2.24) is 4.90 Å². The number of ether oxygens (including phenoxy) is 1. The van der Waals surface area contributed by atoms with Crippen molar-refractivity contribution in [3.8, 4) is 0 Å². The van der Waals surface area contributed by atoms with Crippen molar-refractivity contribution in [2.45, 2.75) is 6.04 Å². The minimum absolute atomic E-state index is 0.000812. The predicted octanol–water partition coefficient (Wildman–Crippen LogP) is 3.89. The van der Waals surface area contributed by atoms with E-state index in [2.05, 4.69) is 0 Å². The summed E-state index contributed by atoms with van der Waals surface area (Å²) >= 11 is 0. The molecule has 1 fully saturated rings. The molecular formula is C18H17NO2. The van der Waals surface area contributed by atoms with Crippen LogP contribution in [0.15, 0.2) is 66.7 Å². The van der Waals surface area contributed by atoms with Crippen LogP contribution in [0.25, 0.3) is 6.08 Å². The maximum absolute atomic E-state index is 11.9. The van der Waals surface area contributed by atoms with E-state index in [1.54, 1.807) is 4.90 Å². The first-order valence-electron chi connectivity index (χ1n) is 7.04. The van der Waals surface area contributed by atoms with E-state index in [4.69, 9.17) is 4.74 Å². The van der Waals surface area contributed by atoms with Gasteiger partial charge in [0.1, 0.15) is 6.61 Å². The second kappa shape index (κ2) is 6.27. The van der Waals surface area contributed by atoms with E-state index in [0.29, 0.717) is 13.2 Å². The van der Waals surface area contributed by atoms with Gasteiger partial charge in [-0.3, -0.25) is 4.90 Å². The van der Waals surface area contributed by atoms with Crippen molar-refractivity contribution in [2.24, 2.45) is 0 Å². The highest BCUT2D eigenvalue weighted by molar-refractivity contribution is 5.71. The van der Waals surface area contributed by atoms with Crippen molar-refractivity contribution < 1.29 is 9.53 Å². The lowest BCUT2D eigenvalue weighted by atomic mass is 10.1. The molecule has 0 saturated carbocycles. The first-order valence-corrected chi connectivity index (χ1v) is 7.04. The molecule has 3 rings (SSSR count). The van der Waals surface area contributed by atoms with Gasteiger partial charge in [0.25, 0.3) is 0 Å². The summed E-state index contributed by atoms with van der Waals surface area (Å²) in [5, 5.41) is 0. The number of hydrogen-bond donors (Lipinski definition) is 0. The van der Waals surface area contributed by atoms with Gasteiger partial charge in [-0.2, -0.15) is 0 Å². The van der Waals surface area contributed by atoms with Gasteiger partial charge >= 0.3 is 6.09 Å². The lowest BCUT2D eigenvalue weighted by Crippen LogP contribution is -2.27. The van der Waals surface area contributed by atoms with Gasteiger partial charge in [0.05, 0.1) is 6.04 Å². The Hall–Kier alpha value is -2.55. The molecule has 106 valence electrons. The van der Waals surface area contributed by atoms with Crippen LogP contribution in [-0.4, -0.2) is 24.1 Å². The molecule has 21 heavy (non-hydrogen) atoms. The molecule has 1 atom stereocenters. The quantitative estimate of drug-likeness (QED) is 0.849. The number of hydrogen-bond acceptors (Lipinski definition) is 2. The van der Waals surface area contributed by atoms with Crippen LogP contribution < -0.4 is 0 Å². The Balaban J connectivity index is 1.70. The third-order valence-electron chi connectivity index (χ3n) is 3.57. The Kier molecular flexibility index (Phi) is 4.01. The molecule has 0 aliphatic carbocycles. The topological polar surface area (TPSA) is 29.5 Å². The summed E-state index contributed by atoms with van der Waals surface area (Å²) in [6.45, 7) is 0.968. The van der Waals surface area contributed by atoms with E-state index in [1.807, 2.05) is 72.8 Å². The van der Waals surface area contributed by atoms with Crippen LogP contribution in [0.3, 0.4) is 0 Å². The predicted molar refractivity (Wildman–Crippen MR) is 82.7 cm³/mol. The maximum Gasteiger partial charge on any atom is 0.410 e. The summed E-state index contributed by atoms with van der Waals surface area (Å²) < 4.78 is 5.19. The number of cyclic esters (lactones) is 1. The van der Waals surface area contributed by atoms with Crippen LogP contribution in [0, 0.1) is 0 Å². The van der Waals surface area contributed by atoms with Crippen molar-refractivity contribution in [2.75, 3.05) is 13.2 Å². The molecule has 0 spiro atoms. The Morgan fingerprint density at radius 2 is 1.71 bits per heavy atom. The summed E-state index contributed by atoms with van der Waals surface area (Å²) in [7, 11) is 0. The third-order valence-corrected chi connectivity index (χ3v) is 3.57. The fourth-order valence-corrected chi connectivity index (χ4v) is 2.47. The molecule has 0 bridgehead atoms. The summed E-state index contributed by atoms with van der Waals surface area (Å²) in [6, 6.07) is 20.0. The molecule has 3 heteroatoms. The zero-order valence-electron chi connectivity index (χ0n) is 11.7. The van der Waals surface area contributed by atoms with E-state index in [9.17, 15) is 4.79 Å². The molecule has 2 aromatic carbocycles. The van der Waals surface area contributed by atoms with Crippen LogP contribution in [-0.2, 0) is 4.74 Å². The lowest BCUT2D eigenvalue weighted by molar-refractivity contribution is 0.160. The standard InChI is InChI=1S/C18H17NO2/c20-18-19(13-7-10-15-8-3-1-4-9-15)17(14-21-18)16-11-5-2-6-12-16/h1-12,17H,13-14H2/t17-/m0/s1. The number of amides is 1. The molecule has 0 N–H and O–H groups in total. The number of benzene rings is 2. The van der Waals surface area contributed by atoms with Crippen molar-refractivity contribution in [1.29, 1.82) is 0 Å². The first kappa shape index (κ1) is 13.4. The van der Waals surface area contributed by atoms with Crippen molar-refractivity contribution in [3.05, 3.63) is 77.9 Å². The fourth-order valence-electron chi connectivity index (χ4n) is 2.47. The molecule has 1 aliphatic rings. The number of nitrogens with zero attached hydrogens (tertiary/aromatic N) is 1. The lowest BCUT2D eigenvalue weighted by Gasteiger charge is -2.19. The molecule has 2 aromatic rings. The minimum Gasteiger partial charge on any atom is -0.447 e. The van der Waals surface area contributed by atoms with Gasteiger partial charge in [0, 0.05) is 6.54 Å². The summed E-state index contributed by atoms with van der Waals surface area (Å²) in [4.78, 5) is 13.6. The summed E-state index contributed by atoms with van der Waals surface area (Å²) in [6.07, 6.45) is 3.77. The van der Waals surface area contributed by atoms with Crippen LogP contribution in [0.5, 0.6) is 0 Å². The number of rotatable bonds is 4. The number of carbonyl (C=O) groups is 1. The minimum atomic E-state index is -0.249. The molecule has 1 saturated heterocycles. The van der Waals surface area contributed by atoms with E-state index in [-0.39, 0.29) is 12.1 Å². The van der Waals surface area contributed by atoms with Crippen LogP contribution in [0.1, 0.15) is 17.2 Å². The second-order valence-corrected chi connectivity index (χ2v) is 4.97. The van der Waals surface area contributed by atoms with Gasteiger partial charge in [-0.1, -0.05) is 72.8 Å². The van der Waals surface area contributed by atoms with Gasteiger partial charge in [-0.15, -0.1) is 0 Å². The molecule has 1 amide bonds. The third kappa shape index (κ3) is 3.14. The zero-order valence-corrected chi connectivity index (χ0v) is 11.7. The molecule has 3 nitrogen and oxygen atoms in total. The van der Waals surface area contributed by atoms with Crippen LogP contribution in [0.2, 0.25) is 0 Å². The average Bonchev–Trinajstić information content (AvgIpc) is 2.91. The smallest absolute Gasteiger partial charge is 0.410 e. The van der Waals surface area contributed by atoms with Gasteiger partial charge in [0.2, 0.25) is 0 Å². The fraction of sp³-hybridized carbons (Fsp3) is 0.167. The van der Waals surface area contributed by atoms with Crippen molar-refractivity contribution >= 4 is 12.2 Å². The Morgan fingerprint density at radius 1 is 1.05 bits per heavy atom. The summed E-state index contributed by atoms with van der Waals surface area (Å²) in [5.41, 5.74) is 2.23. The largest absolute Gasteiger partial charge is 0.447 e. The van der Waals surface area contributed by atoms with E-state index in [0.717, 1.165) is 11.1 Å². The highest BCUT2D eigenvalue weighted by Crippen LogP contribution is 2.27. The van der Waals surface area contributed by atoms with Crippen LogP contribution in [0.4, 0.5) is 4.79 Å². The SMILES string of the molecule is O=C1OC[C@@H](c2ccccc2)N1CC=Cc1ccccc1. The van der Waals surface area contributed by atoms with Crippen LogP contribution >= 0.6 is 0 Å². The average molecular weight is 279 g/mol. The molecule has 1 aliphatic heterocycles. The van der Waals surface area contributed by atoms with Gasteiger partial charge in [0.15, 0.2) is 0 Å². The highest BCUT2D eigenvalue weighted by Gasteiger charge is 2.32. The Labute approximate surface area is 124 Å². The second-order valence-electron chi connectivity index (χ2n) is 4.97. The molecule has 1 heterocycles. The van der Waals surface area contributed by atoms with Gasteiger partial charge in [-0.05, 0) is 11.1 Å². The van der Waals surface area contributed by atoms with Gasteiger partial charge < -0.3 is 4.74 Å². The molecule has 0 aromatic heterocycles. The Bertz CT molecular complexity index is 622. The molecular weight excluding hydrogens is 262 g/mol. The highest BCUT2D eigenvalue weighted by atomic mass is 16.6. The molecule has 0 radical (unpaired) electrons. The summed E-state index contributed by atoms with van der Waals surface area (Å²) in [5.74, 6) is 0. The molecule has 0 unspecified atom stereocenters. The van der Waals surface area contributed by atoms with E-state index >= 15 is 0 Å². The first-order chi connectivity index (χ1) is 10.3. The number of carbonyl (C=O) groups excluding carboxylic acids is 1. The maximum atomic E-state index is 11.9. The van der Waals surface area contributed by atoms with E-state index in [1.165, 1.54) is 0 Å². The zero-order chi connectivity index (χ0) is 14.5. The van der Waals surface area contributed by atoms with Crippen molar-refractivity contribution in [3.63, 3.8) is 0 Å². The Morgan fingerprint density at radius 3 is 2.43 bits per heavy atom. The monoisotopic (exact) mass is 279 g/mol. The van der Waals surface area contributed by atoms with E-state index < -0.39 is 0 Å².